The summed E-state index contributed by atoms with van der Waals surface area (Å²) in [5.74, 6) is 1.79. The van der Waals surface area contributed by atoms with Crippen LogP contribution in [-0.2, 0) is 19.0 Å². The normalized spacial score (nSPS) is 13.5. The quantitative estimate of drug-likeness (QED) is 0.475. The van der Waals surface area contributed by atoms with Crippen molar-refractivity contribution in [3.05, 3.63) is 0 Å². The van der Waals surface area contributed by atoms with Crippen molar-refractivity contribution in [2.75, 3.05) is 59.3 Å². The van der Waals surface area contributed by atoms with E-state index in [1.54, 1.807) is 0 Å². The van der Waals surface area contributed by atoms with Gasteiger partial charge in [0.1, 0.15) is 0 Å². The lowest BCUT2D eigenvalue weighted by molar-refractivity contribution is -0.133. The number of nitrogens with two attached hydrogens (primary N) is 1. The Hall–Kier alpha value is -0.690. The van der Waals surface area contributed by atoms with Gasteiger partial charge in [0, 0.05) is 19.6 Å². The van der Waals surface area contributed by atoms with E-state index < -0.39 is 0 Å². The Balaban J connectivity index is -0.000000691. The maximum absolute atomic E-state index is 11.9. The van der Waals surface area contributed by atoms with Crippen molar-refractivity contribution in [3.63, 3.8) is 0 Å². The Morgan fingerprint density at radius 1 is 0.900 bits per heavy atom. The molecule has 0 aromatic heterocycles. The lowest BCUT2D eigenvalue weighted by Crippen LogP contribution is -2.38. The molecule has 6 heteroatoms. The van der Waals surface area contributed by atoms with Crippen LogP contribution in [0.1, 0.15) is 81.1 Å². The summed E-state index contributed by atoms with van der Waals surface area (Å²) >= 11 is 0. The molecule has 0 aliphatic carbocycles. The number of ether oxygens (including phenoxy) is 3. The number of carbonyl (C=O) groups is 1. The van der Waals surface area contributed by atoms with Crippen molar-refractivity contribution in [3.8, 4) is 0 Å². The van der Waals surface area contributed by atoms with Crippen molar-refractivity contribution in [1.29, 1.82) is 0 Å². The van der Waals surface area contributed by atoms with Crippen LogP contribution in [0.15, 0.2) is 0 Å². The van der Waals surface area contributed by atoms with Gasteiger partial charge < -0.3 is 24.8 Å². The topological polar surface area (TPSA) is 74.0 Å². The van der Waals surface area contributed by atoms with E-state index in [-0.39, 0.29) is 5.91 Å². The molecule has 0 unspecified atom stereocenters. The van der Waals surface area contributed by atoms with Gasteiger partial charge in [0.25, 0.3) is 0 Å². The summed E-state index contributed by atoms with van der Waals surface area (Å²) in [5, 5.41) is 0. The molecule has 0 atom stereocenters. The molecule has 0 radical (unpaired) electrons. The number of likely N-dealkylation sites (tertiary alicyclic amines) is 1. The van der Waals surface area contributed by atoms with E-state index in [1.807, 2.05) is 18.7 Å². The molecule has 0 bridgehead atoms. The zero-order valence-corrected chi connectivity index (χ0v) is 21.5. The molecule has 6 nitrogen and oxygen atoms in total. The minimum absolute atomic E-state index is 0.206. The van der Waals surface area contributed by atoms with E-state index in [1.165, 1.54) is 6.42 Å². The van der Waals surface area contributed by atoms with Gasteiger partial charge in [0.15, 0.2) is 0 Å². The number of amides is 1. The van der Waals surface area contributed by atoms with Crippen molar-refractivity contribution < 1.29 is 19.0 Å². The molecular formula is C24H54N2O4. The van der Waals surface area contributed by atoms with Crippen molar-refractivity contribution in [1.82, 2.24) is 4.90 Å². The average molecular weight is 435 g/mol. The zero-order chi connectivity index (χ0) is 23.6. The standard InChI is InChI=1S/C15H30N2O4.C4H10.C3H8.C2H6/c1-14-2-6-17(7-3-14)15(18)4-8-19-10-12-21-13-11-20-9-5-16;1-4(2)3;1-3-2;1-2/h14H,2-13,16H2,1H3;4H,1-3H3;3H2,1-2H3;1-2H3. The van der Waals surface area contributed by atoms with Crippen LogP contribution < -0.4 is 5.73 Å². The molecule has 1 saturated heterocycles. The van der Waals surface area contributed by atoms with E-state index in [0.717, 1.165) is 37.8 Å². The molecule has 0 aromatic rings. The third-order valence-corrected chi connectivity index (χ3v) is 3.60. The number of hydrogen-bond acceptors (Lipinski definition) is 5. The number of rotatable bonds is 11. The molecule has 1 heterocycles. The lowest BCUT2D eigenvalue weighted by Gasteiger charge is -2.30. The summed E-state index contributed by atoms with van der Waals surface area (Å²) in [6.45, 7) is 22.5. The highest BCUT2D eigenvalue weighted by Crippen LogP contribution is 2.16. The largest absolute Gasteiger partial charge is 0.379 e. The molecule has 1 aliphatic rings. The predicted molar refractivity (Wildman–Crippen MR) is 129 cm³/mol. The SMILES string of the molecule is CC.CC(C)C.CC1CCN(C(=O)CCOCCOCCOCCN)CC1.CCC. The van der Waals surface area contributed by atoms with Gasteiger partial charge in [-0.25, -0.2) is 0 Å². The maximum Gasteiger partial charge on any atom is 0.224 e. The first-order valence-electron chi connectivity index (χ1n) is 12.1. The van der Waals surface area contributed by atoms with Crippen LogP contribution in [-0.4, -0.2) is 70.1 Å². The highest BCUT2D eigenvalue weighted by atomic mass is 16.5. The smallest absolute Gasteiger partial charge is 0.224 e. The number of carbonyl (C=O) groups excluding carboxylic acids is 1. The Morgan fingerprint density at radius 3 is 1.67 bits per heavy atom. The van der Waals surface area contributed by atoms with Crippen LogP contribution in [0.4, 0.5) is 0 Å². The van der Waals surface area contributed by atoms with Gasteiger partial charge in [-0.05, 0) is 24.7 Å². The van der Waals surface area contributed by atoms with Crippen LogP contribution >= 0.6 is 0 Å². The van der Waals surface area contributed by atoms with E-state index in [2.05, 4.69) is 41.5 Å². The maximum atomic E-state index is 11.9. The van der Waals surface area contributed by atoms with Crippen molar-refractivity contribution >= 4 is 5.91 Å². The van der Waals surface area contributed by atoms with Gasteiger partial charge in [0.2, 0.25) is 5.91 Å². The molecule has 0 saturated carbocycles. The zero-order valence-electron chi connectivity index (χ0n) is 21.5. The molecule has 2 N–H and O–H groups in total. The van der Waals surface area contributed by atoms with E-state index >= 15 is 0 Å². The van der Waals surface area contributed by atoms with Crippen LogP contribution in [0, 0.1) is 11.8 Å². The van der Waals surface area contributed by atoms with Crippen LogP contribution in [0.2, 0.25) is 0 Å². The fourth-order valence-corrected chi connectivity index (χ4v) is 2.20. The second-order valence-electron chi connectivity index (χ2n) is 7.88. The van der Waals surface area contributed by atoms with Crippen molar-refractivity contribution in [2.24, 2.45) is 17.6 Å². The molecule has 0 spiro atoms. The molecule has 0 aromatic carbocycles. The van der Waals surface area contributed by atoms with Crippen molar-refractivity contribution in [2.45, 2.75) is 81.1 Å². The molecule has 30 heavy (non-hydrogen) atoms. The fraction of sp³-hybridized carbons (Fsp3) is 0.958. The minimum atomic E-state index is 0.206. The molecular weight excluding hydrogens is 380 g/mol. The van der Waals surface area contributed by atoms with E-state index in [9.17, 15) is 4.79 Å². The molecule has 1 rings (SSSR count). The van der Waals surface area contributed by atoms with Gasteiger partial charge in [-0.1, -0.05) is 61.8 Å². The summed E-state index contributed by atoms with van der Waals surface area (Å²) < 4.78 is 15.9. The van der Waals surface area contributed by atoms with Gasteiger partial charge in [-0.15, -0.1) is 0 Å². The summed E-state index contributed by atoms with van der Waals surface area (Å²) in [4.78, 5) is 13.9. The Morgan fingerprint density at radius 2 is 1.27 bits per heavy atom. The summed E-state index contributed by atoms with van der Waals surface area (Å²) in [6, 6.07) is 0. The van der Waals surface area contributed by atoms with Gasteiger partial charge in [-0.2, -0.15) is 0 Å². The van der Waals surface area contributed by atoms with Crippen LogP contribution in [0.25, 0.3) is 0 Å². The highest BCUT2D eigenvalue weighted by Gasteiger charge is 2.19. The Labute approximate surface area is 188 Å². The monoisotopic (exact) mass is 434 g/mol. The number of hydrogen-bond donors (Lipinski definition) is 1. The van der Waals surface area contributed by atoms with E-state index in [0.29, 0.717) is 52.6 Å². The lowest BCUT2D eigenvalue weighted by atomic mass is 9.99. The first kappa shape index (κ1) is 33.9. The minimum Gasteiger partial charge on any atom is -0.379 e. The van der Waals surface area contributed by atoms with Gasteiger partial charge >= 0.3 is 0 Å². The molecule has 184 valence electrons. The number of nitrogens with zero attached hydrogens (tertiary/aromatic N) is 1. The Bertz CT molecular complexity index is 318. The highest BCUT2D eigenvalue weighted by molar-refractivity contribution is 5.76. The fourth-order valence-electron chi connectivity index (χ4n) is 2.20. The molecule has 1 aliphatic heterocycles. The predicted octanol–water partition coefficient (Wildman–Crippen LogP) is 4.75. The van der Waals surface area contributed by atoms with Gasteiger partial charge in [0.05, 0.1) is 46.1 Å². The second kappa shape index (κ2) is 28.3. The average Bonchev–Trinajstić information content (AvgIpc) is 2.71. The molecule has 1 amide bonds. The molecule has 1 fully saturated rings. The van der Waals surface area contributed by atoms with Crippen LogP contribution in [0.5, 0.6) is 0 Å². The number of piperidine rings is 1. The van der Waals surface area contributed by atoms with Gasteiger partial charge in [-0.3, -0.25) is 4.79 Å². The third kappa shape index (κ3) is 29.5. The van der Waals surface area contributed by atoms with Crippen LogP contribution in [0.3, 0.4) is 0 Å². The second-order valence-corrected chi connectivity index (χ2v) is 7.88. The third-order valence-electron chi connectivity index (χ3n) is 3.60. The first-order valence-corrected chi connectivity index (χ1v) is 12.1. The summed E-state index contributed by atoms with van der Waals surface area (Å²) in [7, 11) is 0. The summed E-state index contributed by atoms with van der Waals surface area (Å²) in [6.07, 6.45) is 3.95. The Kier molecular flexibility index (Phi) is 32.0. The summed E-state index contributed by atoms with van der Waals surface area (Å²) in [5.41, 5.74) is 5.29. The first-order chi connectivity index (χ1) is 14.4. The van der Waals surface area contributed by atoms with E-state index in [4.69, 9.17) is 19.9 Å².